The highest BCUT2D eigenvalue weighted by atomic mass is 16.3. The van der Waals surface area contributed by atoms with Gasteiger partial charge in [-0.15, -0.1) is 0 Å². The van der Waals surface area contributed by atoms with E-state index in [1.165, 1.54) is 16.7 Å². The van der Waals surface area contributed by atoms with E-state index in [1.54, 1.807) is 0 Å². The minimum atomic E-state index is -0.683. The van der Waals surface area contributed by atoms with Crippen LogP contribution in [0.4, 0.5) is 0 Å². The predicted octanol–water partition coefficient (Wildman–Crippen LogP) is 3.62. The lowest BCUT2D eigenvalue weighted by molar-refractivity contribution is 0.0463. The molecule has 84 valence electrons. The number of rotatable bonds is 3. The van der Waals surface area contributed by atoms with E-state index >= 15 is 0 Å². The van der Waals surface area contributed by atoms with Crippen LogP contribution in [0.25, 0.3) is 0 Å². The fourth-order valence-corrected chi connectivity index (χ4v) is 2.16. The van der Waals surface area contributed by atoms with Crippen LogP contribution in [-0.4, -0.2) is 5.11 Å². The van der Waals surface area contributed by atoms with Gasteiger partial charge < -0.3 is 5.11 Å². The summed E-state index contributed by atoms with van der Waals surface area (Å²) < 4.78 is 0. The van der Waals surface area contributed by atoms with Gasteiger partial charge >= 0.3 is 0 Å². The first-order valence-electron chi connectivity index (χ1n) is 5.69. The summed E-state index contributed by atoms with van der Waals surface area (Å²) in [6.07, 6.45) is 1.82. The Kier molecular flexibility index (Phi) is 3.56. The van der Waals surface area contributed by atoms with Crippen LogP contribution in [0.2, 0.25) is 0 Å². The Bertz CT molecular complexity index is 351. The van der Waals surface area contributed by atoms with E-state index < -0.39 is 5.60 Å². The molecule has 0 aliphatic rings. The van der Waals surface area contributed by atoms with Crippen molar-refractivity contribution in [3.8, 4) is 0 Å². The molecule has 0 saturated heterocycles. The largest absolute Gasteiger partial charge is 0.385 e. The van der Waals surface area contributed by atoms with Crippen LogP contribution in [0, 0.1) is 20.8 Å². The molecule has 0 heterocycles. The van der Waals surface area contributed by atoms with Gasteiger partial charge in [0, 0.05) is 0 Å². The Labute approximate surface area is 93.1 Å². The van der Waals surface area contributed by atoms with Crippen LogP contribution in [0.15, 0.2) is 12.1 Å². The first-order chi connectivity index (χ1) is 6.88. The van der Waals surface area contributed by atoms with E-state index in [9.17, 15) is 5.11 Å². The van der Waals surface area contributed by atoms with Gasteiger partial charge in [0.1, 0.15) is 0 Å². The second-order valence-corrected chi connectivity index (χ2v) is 4.78. The van der Waals surface area contributed by atoms with Crippen LogP contribution in [-0.2, 0) is 5.60 Å². The summed E-state index contributed by atoms with van der Waals surface area (Å²) in [5.74, 6) is 0. The maximum Gasteiger partial charge on any atom is 0.0871 e. The van der Waals surface area contributed by atoms with Crippen LogP contribution in [0.5, 0.6) is 0 Å². The van der Waals surface area contributed by atoms with Crippen LogP contribution in [0.1, 0.15) is 48.9 Å². The summed E-state index contributed by atoms with van der Waals surface area (Å²) in [7, 11) is 0. The molecule has 0 amide bonds. The van der Waals surface area contributed by atoms with E-state index in [4.69, 9.17) is 0 Å². The van der Waals surface area contributed by atoms with Gasteiger partial charge in [0.15, 0.2) is 0 Å². The molecule has 0 spiro atoms. The molecular weight excluding hydrogens is 184 g/mol. The van der Waals surface area contributed by atoms with Gasteiger partial charge in [-0.2, -0.15) is 0 Å². The maximum atomic E-state index is 10.4. The van der Waals surface area contributed by atoms with Crippen molar-refractivity contribution in [3.63, 3.8) is 0 Å². The molecule has 0 saturated carbocycles. The predicted molar refractivity (Wildman–Crippen MR) is 65.1 cm³/mol. The minimum absolute atomic E-state index is 0.683. The first kappa shape index (κ1) is 12.3. The summed E-state index contributed by atoms with van der Waals surface area (Å²) in [5, 5.41) is 10.4. The van der Waals surface area contributed by atoms with E-state index in [-0.39, 0.29) is 0 Å². The lowest BCUT2D eigenvalue weighted by atomic mass is 9.86. The van der Waals surface area contributed by atoms with Crippen molar-refractivity contribution in [2.24, 2.45) is 0 Å². The van der Waals surface area contributed by atoms with Gasteiger partial charge in [-0.05, 0) is 56.4 Å². The third-order valence-corrected chi connectivity index (χ3v) is 3.16. The topological polar surface area (TPSA) is 20.2 Å². The number of aryl methyl sites for hydroxylation is 3. The molecule has 1 aromatic carbocycles. The number of benzene rings is 1. The molecule has 1 N–H and O–H groups in total. The first-order valence-corrected chi connectivity index (χ1v) is 5.69. The molecule has 0 bridgehead atoms. The Morgan fingerprint density at radius 1 is 1.07 bits per heavy atom. The third kappa shape index (κ3) is 2.60. The highest BCUT2D eigenvalue weighted by molar-refractivity contribution is 5.39. The van der Waals surface area contributed by atoms with E-state index in [0.29, 0.717) is 0 Å². The van der Waals surface area contributed by atoms with Gasteiger partial charge in [-0.3, -0.25) is 0 Å². The van der Waals surface area contributed by atoms with Crippen molar-refractivity contribution >= 4 is 0 Å². The van der Waals surface area contributed by atoms with Gasteiger partial charge in [-0.1, -0.05) is 25.5 Å². The van der Waals surface area contributed by atoms with Crippen LogP contribution in [0.3, 0.4) is 0 Å². The Morgan fingerprint density at radius 3 is 2.13 bits per heavy atom. The smallest absolute Gasteiger partial charge is 0.0871 e. The fraction of sp³-hybridized carbons (Fsp3) is 0.571. The van der Waals surface area contributed by atoms with Crippen molar-refractivity contribution in [3.05, 3.63) is 34.4 Å². The molecule has 0 aliphatic heterocycles. The Morgan fingerprint density at radius 2 is 1.60 bits per heavy atom. The summed E-state index contributed by atoms with van der Waals surface area (Å²) >= 11 is 0. The molecule has 0 unspecified atom stereocenters. The average Bonchev–Trinajstić information content (AvgIpc) is 2.11. The number of hydrogen-bond acceptors (Lipinski definition) is 1. The van der Waals surface area contributed by atoms with Gasteiger partial charge in [0.05, 0.1) is 5.60 Å². The monoisotopic (exact) mass is 206 g/mol. The molecule has 0 fully saturated rings. The van der Waals surface area contributed by atoms with Crippen molar-refractivity contribution < 1.29 is 5.11 Å². The standard InChI is InChI=1S/C14H22O/c1-6-7-14(5,15)13-9-11(3)10(2)8-12(13)4/h8-9,15H,6-7H2,1-5H3/t14-/m0/s1. The molecule has 0 aliphatic carbocycles. The van der Waals surface area contributed by atoms with Gasteiger partial charge in [-0.25, -0.2) is 0 Å². The summed E-state index contributed by atoms with van der Waals surface area (Å²) in [6, 6.07) is 4.29. The normalized spacial score (nSPS) is 15.1. The number of hydrogen-bond donors (Lipinski definition) is 1. The summed E-state index contributed by atoms with van der Waals surface area (Å²) in [5.41, 5.74) is 4.14. The molecule has 15 heavy (non-hydrogen) atoms. The third-order valence-electron chi connectivity index (χ3n) is 3.16. The molecule has 1 heteroatoms. The Balaban J connectivity index is 3.19. The lowest BCUT2D eigenvalue weighted by Crippen LogP contribution is -2.22. The zero-order chi connectivity index (χ0) is 11.6. The van der Waals surface area contributed by atoms with Crippen molar-refractivity contribution in [1.82, 2.24) is 0 Å². The van der Waals surface area contributed by atoms with Crippen molar-refractivity contribution in [1.29, 1.82) is 0 Å². The summed E-state index contributed by atoms with van der Waals surface area (Å²) in [6.45, 7) is 10.3. The Hall–Kier alpha value is -0.820. The van der Waals surface area contributed by atoms with Gasteiger partial charge in [0.2, 0.25) is 0 Å². The molecular formula is C14H22O. The quantitative estimate of drug-likeness (QED) is 0.801. The van der Waals surface area contributed by atoms with Crippen molar-refractivity contribution in [2.45, 2.75) is 53.1 Å². The minimum Gasteiger partial charge on any atom is -0.385 e. The second kappa shape index (κ2) is 4.36. The highest BCUT2D eigenvalue weighted by Gasteiger charge is 2.24. The van der Waals surface area contributed by atoms with Gasteiger partial charge in [0.25, 0.3) is 0 Å². The van der Waals surface area contributed by atoms with E-state index in [0.717, 1.165) is 18.4 Å². The zero-order valence-corrected chi connectivity index (χ0v) is 10.5. The second-order valence-electron chi connectivity index (χ2n) is 4.78. The van der Waals surface area contributed by atoms with E-state index in [2.05, 4.69) is 39.8 Å². The summed E-state index contributed by atoms with van der Waals surface area (Å²) in [4.78, 5) is 0. The molecule has 1 nitrogen and oxygen atoms in total. The molecule has 1 rings (SSSR count). The fourth-order valence-electron chi connectivity index (χ4n) is 2.16. The lowest BCUT2D eigenvalue weighted by Gasteiger charge is -2.26. The molecule has 0 radical (unpaired) electrons. The number of aliphatic hydroxyl groups is 1. The molecule has 1 aromatic rings. The highest BCUT2D eigenvalue weighted by Crippen LogP contribution is 2.30. The SMILES string of the molecule is CCC[C@](C)(O)c1cc(C)c(C)cc1C. The zero-order valence-electron chi connectivity index (χ0n) is 10.5. The molecule has 1 atom stereocenters. The molecule has 0 aromatic heterocycles. The van der Waals surface area contributed by atoms with E-state index in [1.807, 2.05) is 6.92 Å². The van der Waals surface area contributed by atoms with Crippen LogP contribution < -0.4 is 0 Å². The average molecular weight is 206 g/mol. The maximum absolute atomic E-state index is 10.4. The van der Waals surface area contributed by atoms with Crippen molar-refractivity contribution in [2.75, 3.05) is 0 Å². The van der Waals surface area contributed by atoms with Crippen LogP contribution >= 0.6 is 0 Å².